The number of nitrogens with one attached hydrogen (secondary N) is 1. The van der Waals surface area contributed by atoms with Gasteiger partial charge in [-0.25, -0.2) is 9.97 Å². The highest BCUT2D eigenvalue weighted by molar-refractivity contribution is 5.87. The summed E-state index contributed by atoms with van der Waals surface area (Å²) in [4.78, 5) is 15.0. The molecule has 130 valence electrons. The van der Waals surface area contributed by atoms with Gasteiger partial charge in [-0.05, 0) is 25.1 Å². The molecule has 0 atom stereocenters. The normalized spacial score (nSPS) is 14.7. The summed E-state index contributed by atoms with van der Waals surface area (Å²) in [5, 5.41) is 17.2. The second-order valence-corrected chi connectivity index (χ2v) is 6.48. The monoisotopic (exact) mass is 347 g/mol. The number of nitrogens with zero attached hydrogens (tertiary/aromatic N) is 8. The van der Waals surface area contributed by atoms with Crippen LogP contribution in [-0.4, -0.2) is 54.4 Å². The average Bonchev–Trinajstić information content (AvgIpc) is 3.01. The second kappa shape index (κ2) is 5.87. The first-order valence-corrected chi connectivity index (χ1v) is 8.50. The Morgan fingerprint density at radius 3 is 3.00 bits per heavy atom. The third-order valence-corrected chi connectivity index (χ3v) is 4.68. The standard InChI is InChI=1S/C17H17N9/c1-11-22-23-15-2-3-16(24-26(11)15)25-8-12(9-25)6-19-17-13-4-5-18-7-14(13)20-10-21-17/h2-5,7,10,12H,6,8-9H2,1H3,(H,19,20,21). The molecule has 5 rings (SSSR count). The number of aryl methyl sites for hydroxylation is 1. The Balaban J connectivity index is 1.24. The number of hydrogen-bond acceptors (Lipinski definition) is 8. The molecule has 1 saturated heterocycles. The van der Waals surface area contributed by atoms with Gasteiger partial charge >= 0.3 is 0 Å². The molecule has 0 radical (unpaired) electrons. The van der Waals surface area contributed by atoms with Crippen LogP contribution in [0.5, 0.6) is 0 Å². The van der Waals surface area contributed by atoms with E-state index in [0.717, 1.165) is 53.6 Å². The van der Waals surface area contributed by atoms with Crippen molar-refractivity contribution in [2.24, 2.45) is 5.92 Å². The number of aromatic nitrogens is 7. The van der Waals surface area contributed by atoms with E-state index in [-0.39, 0.29) is 0 Å². The third-order valence-electron chi connectivity index (χ3n) is 4.68. The molecule has 1 aliphatic heterocycles. The first kappa shape index (κ1) is 14.9. The molecule has 0 aliphatic carbocycles. The second-order valence-electron chi connectivity index (χ2n) is 6.48. The van der Waals surface area contributed by atoms with Gasteiger partial charge in [0.15, 0.2) is 11.5 Å². The van der Waals surface area contributed by atoms with Crippen molar-refractivity contribution in [3.8, 4) is 0 Å². The van der Waals surface area contributed by atoms with Gasteiger partial charge in [0, 0.05) is 37.1 Å². The van der Waals surface area contributed by atoms with Crippen molar-refractivity contribution in [1.29, 1.82) is 0 Å². The number of rotatable bonds is 4. The predicted octanol–water partition coefficient (Wildman–Crippen LogP) is 1.32. The molecule has 0 unspecified atom stereocenters. The summed E-state index contributed by atoms with van der Waals surface area (Å²) < 4.78 is 1.78. The Hall–Kier alpha value is -3.36. The maximum atomic E-state index is 4.62. The van der Waals surface area contributed by atoms with E-state index in [9.17, 15) is 0 Å². The molecular weight excluding hydrogens is 330 g/mol. The Bertz CT molecular complexity index is 1080. The first-order chi connectivity index (χ1) is 12.8. The smallest absolute Gasteiger partial charge is 0.178 e. The Labute approximate surface area is 149 Å². The van der Waals surface area contributed by atoms with Crippen molar-refractivity contribution in [3.63, 3.8) is 0 Å². The SMILES string of the molecule is Cc1nnc2ccc(N3CC(CNc4ncnc5cnccc45)C3)nn12. The summed E-state index contributed by atoms with van der Waals surface area (Å²) in [7, 11) is 0. The van der Waals surface area contributed by atoms with Crippen molar-refractivity contribution < 1.29 is 0 Å². The van der Waals surface area contributed by atoms with Crippen LogP contribution < -0.4 is 10.2 Å². The van der Waals surface area contributed by atoms with E-state index in [0.29, 0.717) is 5.92 Å². The zero-order valence-corrected chi connectivity index (χ0v) is 14.2. The van der Waals surface area contributed by atoms with Crippen LogP contribution in [0.15, 0.2) is 36.9 Å². The van der Waals surface area contributed by atoms with Crippen molar-refractivity contribution in [3.05, 3.63) is 42.7 Å². The van der Waals surface area contributed by atoms with E-state index < -0.39 is 0 Å². The summed E-state index contributed by atoms with van der Waals surface area (Å²) >= 11 is 0. The van der Waals surface area contributed by atoms with Crippen molar-refractivity contribution >= 4 is 28.2 Å². The quantitative estimate of drug-likeness (QED) is 0.590. The van der Waals surface area contributed by atoms with Crippen molar-refractivity contribution in [2.45, 2.75) is 6.92 Å². The lowest BCUT2D eigenvalue weighted by Crippen LogP contribution is -2.50. The summed E-state index contributed by atoms with van der Waals surface area (Å²) in [6.07, 6.45) is 5.08. The van der Waals surface area contributed by atoms with E-state index in [1.807, 2.05) is 25.1 Å². The van der Waals surface area contributed by atoms with Crippen LogP contribution in [0.1, 0.15) is 5.82 Å². The van der Waals surface area contributed by atoms with Crippen LogP contribution in [0.4, 0.5) is 11.6 Å². The Morgan fingerprint density at radius 2 is 2.08 bits per heavy atom. The van der Waals surface area contributed by atoms with Crippen molar-refractivity contribution in [1.82, 2.24) is 34.8 Å². The van der Waals surface area contributed by atoms with E-state index in [1.165, 1.54) is 0 Å². The highest BCUT2D eigenvalue weighted by atomic mass is 15.4. The van der Waals surface area contributed by atoms with E-state index in [4.69, 9.17) is 0 Å². The third kappa shape index (κ3) is 2.48. The molecule has 1 N–H and O–H groups in total. The largest absolute Gasteiger partial charge is 0.369 e. The molecule has 0 saturated carbocycles. The molecule has 4 aromatic rings. The van der Waals surface area contributed by atoms with Gasteiger partial charge in [0.05, 0.1) is 11.7 Å². The minimum Gasteiger partial charge on any atom is -0.369 e. The Morgan fingerprint density at radius 1 is 1.15 bits per heavy atom. The molecular formula is C17H17N9. The maximum absolute atomic E-state index is 4.62. The molecule has 0 amide bonds. The lowest BCUT2D eigenvalue weighted by Gasteiger charge is -2.40. The minimum atomic E-state index is 0.543. The summed E-state index contributed by atoms with van der Waals surface area (Å²) in [5.74, 6) is 3.15. The topological polar surface area (TPSA) is 97.0 Å². The minimum absolute atomic E-state index is 0.543. The highest BCUT2D eigenvalue weighted by Gasteiger charge is 2.28. The zero-order valence-electron chi connectivity index (χ0n) is 14.2. The molecule has 26 heavy (non-hydrogen) atoms. The van der Waals surface area contributed by atoms with Crippen LogP contribution in [-0.2, 0) is 0 Å². The number of fused-ring (bicyclic) bond motifs is 2. The molecule has 5 heterocycles. The predicted molar refractivity (Wildman–Crippen MR) is 97.0 cm³/mol. The maximum Gasteiger partial charge on any atom is 0.178 e. The molecule has 4 aromatic heterocycles. The number of hydrogen-bond donors (Lipinski definition) is 1. The zero-order chi connectivity index (χ0) is 17.5. The summed E-state index contributed by atoms with van der Waals surface area (Å²) in [6, 6.07) is 5.89. The molecule has 0 aromatic carbocycles. The molecule has 9 nitrogen and oxygen atoms in total. The molecule has 0 bridgehead atoms. The van der Waals surface area contributed by atoms with E-state index >= 15 is 0 Å². The van der Waals surface area contributed by atoms with Crippen LogP contribution >= 0.6 is 0 Å². The van der Waals surface area contributed by atoms with E-state index in [2.05, 4.69) is 40.5 Å². The fraction of sp³-hybridized carbons (Fsp3) is 0.294. The number of pyridine rings is 1. The van der Waals surface area contributed by atoms with Crippen molar-refractivity contribution in [2.75, 3.05) is 29.9 Å². The average molecular weight is 347 g/mol. The van der Waals surface area contributed by atoms with Crippen LogP contribution in [0, 0.1) is 12.8 Å². The van der Waals surface area contributed by atoms with Gasteiger partial charge in [-0.2, -0.15) is 4.52 Å². The fourth-order valence-electron chi connectivity index (χ4n) is 3.23. The van der Waals surface area contributed by atoms with Gasteiger partial charge in [0.1, 0.15) is 18.0 Å². The molecule has 0 spiro atoms. The lowest BCUT2D eigenvalue weighted by molar-refractivity contribution is 0.424. The van der Waals surface area contributed by atoms with Gasteiger partial charge in [-0.15, -0.1) is 15.3 Å². The van der Waals surface area contributed by atoms with Crippen LogP contribution in [0.25, 0.3) is 16.6 Å². The molecule has 1 fully saturated rings. The van der Waals surface area contributed by atoms with Crippen LogP contribution in [0.2, 0.25) is 0 Å². The summed E-state index contributed by atoms with van der Waals surface area (Å²) in [5.41, 5.74) is 1.62. The number of anilines is 2. The highest BCUT2D eigenvalue weighted by Crippen LogP contribution is 2.24. The Kier molecular flexibility index (Phi) is 3.37. The van der Waals surface area contributed by atoms with Gasteiger partial charge in [0.25, 0.3) is 0 Å². The van der Waals surface area contributed by atoms with Gasteiger partial charge in [-0.1, -0.05) is 0 Å². The molecule has 1 aliphatic rings. The van der Waals surface area contributed by atoms with E-state index in [1.54, 1.807) is 23.2 Å². The van der Waals surface area contributed by atoms with Gasteiger partial charge in [0.2, 0.25) is 0 Å². The fourth-order valence-corrected chi connectivity index (χ4v) is 3.23. The van der Waals surface area contributed by atoms with Crippen LogP contribution in [0.3, 0.4) is 0 Å². The molecule has 9 heteroatoms. The van der Waals surface area contributed by atoms with Gasteiger partial charge < -0.3 is 10.2 Å². The lowest BCUT2D eigenvalue weighted by atomic mass is 10.0. The van der Waals surface area contributed by atoms with Gasteiger partial charge in [-0.3, -0.25) is 4.98 Å². The first-order valence-electron chi connectivity index (χ1n) is 8.50. The summed E-state index contributed by atoms with van der Waals surface area (Å²) in [6.45, 7) is 4.68.